The molecule has 0 saturated carbocycles. The van der Waals surface area contributed by atoms with Crippen molar-refractivity contribution in [3.63, 3.8) is 0 Å². The van der Waals surface area contributed by atoms with Crippen LogP contribution < -0.4 is 0 Å². The Morgan fingerprint density at radius 1 is 0.467 bits per heavy atom. The van der Waals surface area contributed by atoms with Gasteiger partial charge in [-0.1, -0.05) is 197 Å². The van der Waals surface area contributed by atoms with Crippen LogP contribution in [0.25, 0.3) is 0 Å². The quantitative estimate of drug-likeness (QED) is 0.0924. The summed E-state index contributed by atoms with van der Waals surface area (Å²) >= 11 is 0. The first-order valence-corrected chi connectivity index (χ1v) is 19.6. The SMILES string of the molecule is CCCCCCCCCCCCCCCCCCN1C=CN(CCCCCC)C1(Cc1ccccc1)C(CC)c1ccccc1. The molecule has 3 rings (SSSR count). The highest BCUT2D eigenvalue weighted by Gasteiger charge is 2.49. The number of rotatable bonds is 27. The summed E-state index contributed by atoms with van der Waals surface area (Å²) in [4.78, 5) is 5.52. The molecule has 45 heavy (non-hydrogen) atoms. The summed E-state index contributed by atoms with van der Waals surface area (Å²) in [6, 6.07) is 22.7. The molecule has 2 unspecified atom stereocenters. The van der Waals surface area contributed by atoms with Gasteiger partial charge >= 0.3 is 0 Å². The fraction of sp³-hybridized carbons (Fsp3) is 0.674. The molecule has 2 atom stereocenters. The highest BCUT2D eigenvalue weighted by Crippen LogP contribution is 2.45. The van der Waals surface area contributed by atoms with E-state index >= 15 is 0 Å². The van der Waals surface area contributed by atoms with Gasteiger partial charge in [0.2, 0.25) is 0 Å². The van der Waals surface area contributed by atoms with E-state index in [1.165, 1.54) is 140 Å². The maximum Gasteiger partial charge on any atom is 0.123 e. The van der Waals surface area contributed by atoms with E-state index in [1.54, 1.807) is 0 Å². The standard InChI is InChI=1S/C43H70N2/c1-4-7-9-11-12-13-14-15-16-17-18-19-20-21-22-30-36-45-38-37-44(35-29-10-8-5-2)43(45,39-40-31-25-23-26-32-40)42(6-3)41-33-27-24-28-34-41/h23-28,31-34,37-38,42H,4-22,29-30,35-36,39H2,1-3H3. The average molecular weight is 615 g/mol. The van der Waals surface area contributed by atoms with E-state index in [1.807, 2.05) is 0 Å². The van der Waals surface area contributed by atoms with Crippen LogP contribution in [-0.2, 0) is 6.42 Å². The molecular formula is C43H70N2. The number of unbranched alkanes of at least 4 members (excludes halogenated alkanes) is 18. The molecule has 0 amide bonds. The lowest BCUT2D eigenvalue weighted by Crippen LogP contribution is -2.59. The van der Waals surface area contributed by atoms with Crippen molar-refractivity contribution in [2.75, 3.05) is 13.1 Å². The van der Waals surface area contributed by atoms with E-state index in [9.17, 15) is 0 Å². The molecule has 252 valence electrons. The van der Waals surface area contributed by atoms with Gasteiger partial charge in [-0.3, -0.25) is 0 Å². The van der Waals surface area contributed by atoms with Crippen LogP contribution in [0, 0.1) is 0 Å². The van der Waals surface area contributed by atoms with Crippen LogP contribution in [0.4, 0.5) is 0 Å². The Kier molecular flexibility index (Phi) is 19.2. The van der Waals surface area contributed by atoms with Crippen LogP contribution in [0.2, 0.25) is 0 Å². The Labute approximate surface area is 280 Å². The molecule has 2 nitrogen and oxygen atoms in total. The Morgan fingerprint density at radius 2 is 0.844 bits per heavy atom. The molecule has 0 fully saturated rings. The smallest absolute Gasteiger partial charge is 0.123 e. The lowest BCUT2D eigenvalue weighted by atomic mass is 9.78. The summed E-state index contributed by atoms with van der Waals surface area (Å²) in [5.41, 5.74) is 2.88. The summed E-state index contributed by atoms with van der Waals surface area (Å²) in [5, 5.41) is 0. The lowest BCUT2D eigenvalue weighted by Gasteiger charge is -2.51. The van der Waals surface area contributed by atoms with E-state index in [0.717, 1.165) is 25.9 Å². The van der Waals surface area contributed by atoms with Gasteiger partial charge in [-0.2, -0.15) is 0 Å². The van der Waals surface area contributed by atoms with Gasteiger partial charge in [-0.15, -0.1) is 0 Å². The Morgan fingerprint density at radius 3 is 1.27 bits per heavy atom. The van der Waals surface area contributed by atoms with Crippen LogP contribution in [-0.4, -0.2) is 28.6 Å². The maximum atomic E-state index is 2.77. The third-order valence-electron chi connectivity index (χ3n) is 10.4. The van der Waals surface area contributed by atoms with Gasteiger partial charge < -0.3 is 9.80 Å². The van der Waals surface area contributed by atoms with Crippen LogP contribution in [0.5, 0.6) is 0 Å². The van der Waals surface area contributed by atoms with E-state index < -0.39 is 0 Å². The monoisotopic (exact) mass is 615 g/mol. The van der Waals surface area contributed by atoms with Gasteiger partial charge in [0.1, 0.15) is 5.66 Å². The maximum absolute atomic E-state index is 2.77. The van der Waals surface area contributed by atoms with E-state index in [4.69, 9.17) is 0 Å². The molecule has 0 radical (unpaired) electrons. The molecular weight excluding hydrogens is 544 g/mol. The predicted octanol–water partition coefficient (Wildman–Crippen LogP) is 13.0. The van der Waals surface area contributed by atoms with E-state index in [0.29, 0.717) is 5.92 Å². The molecule has 0 aromatic heterocycles. The first-order valence-electron chi connectivity index (χ1n) is 19.6. The minimum atomic E-state index is -0.0564. The van der Waals surface area contributed by atoms with Crippen molar-refractivity contribution in [3.8, 4) is 0 Å². The first-order chi connectivity index (χ1) is 22.3. The molecule has 0 saturated heterocycles. The largest absolute Gasteiger partial charge is 0.353 e. The highest BCUT2D eigenvalue weighted by atomic mass is 15.4. The summed E-state index contributed by atoms with van der Waals surface area (Å²) in [5.74, 6) is 0.445. The minimum Gasteiger partial charge on any atom is -0.353 e. The highest BCUT2D eigenvalue weighted by molar-refractivity contribution is 5.30. The zero-order valence-corrected chi connectivity index (χ0v) is 29.9. The molecule has 0 N–H and O–H groups in total. The van der Waals surface area contributed by atoms with Gasteiger partial charge in [0.15, 0.2) is 0 Å². The van der Waals surface area contributed by atoms with E-state index in [-0.39, 0.29) is 5.66 Å². The summed E-state index contributed by atoms with van der Waals surface area (Å²) < 4.78 is 0. The third-order valence-corrected chi connectivity index (χ3v) is 10.4. The van der Waals surface area contributed by atoms with Crippen LogP contribution in [0.3, 0.4) is 0 Å². The summed E-state index contributed by atoms with van der Waals surface area (Å²) in [6.07, 6.45) is 35.1. The normalized spacial score (nSPS) is 17.0. The molecule has 2 heteroatoms. The number of hydrogen-bond acceptors (Lipinski definition) is 2. The van der Waals surface area contributed by atoms with Crippen molar-refractivity contribution in [1.29, 1.82) is 0 Å². The van der Waals surface area contributed by atoms with Crippen molar-refractivity contribution in [3.05, 3.63) is 84.2 Å². The molecule has 0 aliphatic carbocycles. The third kappa shape index (κ3) is 12.8. The second kappa shape index (κ2) is 23.2. The number of benzene rings is 2. The minimum absolute atomic E-state index is 0.0564. The van der Waals surface area contributed by atoms with Crippen LogP contribution in [0.15, 0.2) is 73.1 Å². The van der Waals surface area contributed by atoms with Gasteiger partial charge in [0.05, 0.1) is 0 Å². The number of hydrogen-bond donors (Lipinski definition) is 0. The zero-order valence-electron chi connectivity index (χ0n) is 29.9. The molecule has 2 aromatic carbocycles. The van der Waals surface area contributed by atoms with Crippen LogP contribution >= 0.6 is 0 Å². The van der Waals surface area contributed by atoms with Gasteiger partial charge in [0, 0.05) is 37.8 Å². The lowest BCUT2D eigenvalue weighted by molar-refractivity contribution is -0.00377. The first kappa shape index (κ1) is 37.2. The predicted molar refractivity (Wildman–Crippen MR) is 199 cm³/mol. The molecule has 0 bridgehead atoms. The van der Waals surface area contributed by atoms with Crippen molar-refractivity contribution >= 4 is 0 Å². The van der Waals surface area contributed by atoms with Gasteiger partial charge in [0.25, 0.3) is 0 Å². The zero-order chi connectivity index (χ0) is 31.8. The van der Waals surface area contributed by atoms with Crippen molar-refractivity contribution in [1.82, 2.24) is 9.80 Å². The average Bonchev–Trinajstić information content (AvgIpc) is 3.40. The molecule has 1 aliphatic rings. The Balaban J connectivity index is 1.52. The molecule has 1 aliphatic heterocycles. The van der Waals surface area contributed by atoms with Crippen molar-refractivity contribution in [2.24, 2.45) is 0 Å². The van der Waals surface area contributed by atoms with E-state index in [2.05, 4.69) is 104 Å². The second-order valence-corrected chi connectivity index (χ2v) is 14.0. The fourth-order valence-corrected chi connectivity index (χ4v) is 7.80. The van der Waals surface area contributed by atoms with Gasteiger partial charge in [-0.05, 0) is 30.4 Å². The molecule has 1 heterocycles. The topological polar surface area (TPSA) is 6.48 Å². The Hall–Kier alpha value is -2.22. The molecule has 0 spiro atoms. The second-order valence-electron chi connectivity index (χ2n) is 14.0. The molecule has 2 aromatic rings. The Bertz CT molecular complexity index is 985. The number of nitrogens with zero attached hydrogens (tertiary/aromatic N) is 2. The van der Waals surface area contributed by atoms with Crippen LogP contribution in [0.1, 0.15) is 173 Å². The summed E-state index contributed by atoms with van der Waals surface area (Å²) in [6.45, 7) is 9.32. The fourth-order valence-electron chi connectivity index (χ4n) is 7.80. The van der Waals surface area contributed by atoms with Crippen molar-refractivity contribution in [2.45, 2.75) is 174 Å². The van der Waals surface area contributed by atoms with Gasteiger partial charge in [-0.25, -0.2) is 0 Å². The summed E-state index contributed by atoms with van der Waals surface area (Å²) in [7, 11) is 0. The van der Waals surface area contributed by atoms with Crippen molar-refractivity contribution < 1.29 is 0 Å².